The summed E-state index contributed by atoms with van der Waals surface area (Å²) >= 11 is 0. The molecule has 1 radical (unpaired) electrons. The Bertz CT molecular complexity index is 398. The van der Waals surface area contributed by atoms with Crippen molar-refractivity contribution in [1.29, 1.82) is 0 Å². The van der Waals surface area contributed by atoms with E-state index in [1.54, 1.807) is 0 Å². The van der Waals surface area contributed by atoms with E-state index in [2.05, 4.69) is 104 Å². The molecule has 189 valence electrons. The zero-order chi connectivity index (χ0) is 21.6. The molecule has 0 heterocycles. The predicted octanol–water partition coefficient (Wildman–Crippen LogP) is 5.74. The molecule has 0 atom stereocenters. The van der Waals surface area contributed by atoms with E-state index in [-0.39, 0.29) is 83.7 Å². The molecule has 0 spiro atoms. The van der Waals surface area contributed by atoms with Gasteiger partial charge in [-0.2, -0.15) is 0 Å². The number of aliphatic hydroxyl groups is 1. The summed E-state index contributed by atoms with van der Waals surface area (Å²) < 4.78 is 0. The molecule has 0 saturated carbocycles. The fourth-order valence-corrected chi connectivity index (χ4v) is 13.8. The number of hydrogen-bond acceptors (Lipinski definition) is 1. The van der Waals surface area contributed by atoms with Gasteiger partial charge in [-0.25, -0.2) is 0 Å². The molecule has 1 N–H and O–H groups in total. The van der Waals surface area contributed by atoms with Crippen molar-refractivity contribution in [3.63, 3.8) is 0 Å². The fraction of sp³-hybridized carbons (Fsp3) is 0.885. The SMILES string of the molecule is CC(C)(C)[PH+](CC(O)(C[PH+](C(C)(C)C)C(C)(C)C)C(C)(C)C)C(C)(C)C.[CH3-].[CH3-].[CH3-].[Li+].[Ni+3]. The van der Waals surface area contributed by atoms with Gasteiger partial charge in [-0.05, 0) is 88.5 Å². The van der Waals surface area contributed by atoms with Gasteiger partial charge in [0.2, 0.25) is 0 Å². The van der Waals surface area contributed by atoms with Crippen LogP contribution in [0.5, 0.6) is 0 Å². The van der Waals surface area contributed by atoms with E-state index in [0.717, 1.165) is 12.3 Å². The summed E-state index contributed by atoms with van der Waals surface area (Å²) in [7, 11) is -1.57. The van der Waals surface area contributed by atoms with Gasteiger partial charge < -0.3 is 27.4 Å². The first-order chi connectivity index (χ1) is 10.9. The Morgan fingerprint density at radius 3 is 0.742 bits per heavy atom. The van der Waals surface area contributed by atoms with Gasteiger partial charge in [0.05, 0.1) is 32.9 Å². The molecule has 1 nitrogen and oxygen atoms in total. The summed E-state index contributed by atoms with van der Waals surface area (Å²) in [6, 6.07) is 0. The third-order valence-corrected chi connectivity index (χ3v) is 15.1. The minimum absolute atomic E-state index is 0. The third kappa shape index (κ3) is 14.2. The van der Waals surface area contributed by atoms with E-state index in [9.17, 15) is 5.11 Å². The normalized spacial score (nSPS) is 13.4. The molecule has 0 aliphatic rings. The molecule has 5 heteroatoms. The first kappa shape index (κ1) is 46.3. The first-order valence-electron chi connectivity index (χ1n) is 10.4. The standard InChI is InChI=1S/C23H50OP2.3CH3.Li.Ni/c1-18(2,3)23(24,16-25(19(4,5)6)20(7,8)9)17-26(21(10,11)12)22(13,14)15;;;;;/h24H,16-17H2,1-15H3;3*1H3;;/q;3*-1;+1;+3/p+2. The summed E-state index contributed by atoms with van der Waals surface area (Å²) in [5.41, 5.74) is -0.706. The molecule has 0 fully saturated rings. The number of hydrogen-bond donors (Lipinski definition) is 1. The summed E-state index contributed by atoms with van der Waals surface area (Å²) in [4.78, 5) is 0. The first-order valence-corrected chi connectivity index (χ1v) is 13.8. The average molecular weight is 517 g/mol. The Labute approximate surface area is 225 Å². The maximum atomic E-state index is 12.2. The smallest absolute Gasteiger partial charge is 0.382 e. The van der Waals surface area contributed by atoms with E-state index < -0.39 is 21.4 Å². The monoisotopic (exact) mass is 516 g/mol. The molecule has 0 amide bonds. The van der Waals surface area contributed by atoms with E-state index in [1.165, 1.54) is 0 Å². The topological polar surface area (TPSA) is 20.2 Å². The second-order valence-electron chi connectivity index (χ2n) is 13.6. The van der Waals surface area contributed by atoms with Gasteiger partial charge in [0.25, 0.3) is 0 Å². The van der Waals surface area contributed by atoms with Gasteiger partial charge in [-0.1, -0.05) is 20.8 Å². The average Bonchev–Trinajstić information content (AvgIpc) is 2.25. The zero-order valence-electron chi connectivity index (χ0n) is 25.2. The van der Waals surface area contributed by atoms with Crippen molar-refractivity contribution in [3.05, 3.63) is 22.3 Å². The second kappa shape index (κ2) is 14.5. The second-order valence-corrected chi connectivity index (χ2v) is 22.2. The van der Waals surface area contributed by atoms with Crippen LogP contribution in [-0.2, 0) is 16.5 Å². The van der Waals surface area contributed by atoms with Crippen LogP contribution >= 0.6 is 15.8 Å². The van der Waals surface area contributed by atoms with Crippen LogP contribution < -0.4 is 18.9 Å². The Kier molecular flexibility index (Phi) is 21.6. The van der Waals surface area contributed by atoms with E-state index in [1.807, 2.05) is 0 Å². The molecule has 0 rings (SSSR count). The molecular formula is C26H61LiNiOP2+3. The molecule has 0 unspecified atom stereocenters. The minimum Gasteiger partial charge on any atom is -0.382 e. The fourth-order valence-electron chi connectivity index (χ4n) is 4.49. The van der Waals surface area contributed by atoms with Crippen molar-refractivity contribution >= 4 is 15.8 Å². The molecule has 0 aromatic heterocycles. The largest absolute Gasteiger partial charge is 3.00 e. The predicted molar refractivity (Wildman–Crippen MR) is 149 cm³/mol. The van der Waals surface area contributed by atoms with Gasteiger partial charge >= 0.3 is 35.4 Å². The van der Waals surface area contributed by atoms with Crippen LogP contribution in [0.15, 0.2) is 0 Å². The van der Waals surface area contributed by atoms with Crippen LogP contribution in [0.3, 0.4) is 0 Å². The summed E-state index contributed by atoms with van der Waals surface area (Å²) in [6.45, 7) is 35.4. The summed E-state index contributed by atoms with van der Waals surface area (Å²) in [6.07, 6.45) is 1.96. The Morgan fingerprint density at radius 2 is 0.645 bits per heavy atom. The van der Waals surface area contributed by atoms with Crippen molar-refractivity contribution < 1.29 is 40.5 Å². The molecule has 0 saturated heterocycles. The van der Waals surface area contributed by atoms with Crippen LogP contribution in [-0.4, -0.2) is 43.7 Å². The third-order valence-electron chi connectivity index (χ3n) is 5.96. The van der Waals surface area contributed by atoms with E-state index in [0.29, 0.717) is 0 Å². The van der Waals surface area contributed by atoms with Gasteiger partial charge in [0.1, 0.15) is 5.60 Å². The van der Waals surface area contributed by atoms with Crippen LogP contribution in [0.4, 0.5) is 0 Å². The molecule has 31 heavy (non-hydrogen) atoms. The van der Waals surface area contributed by atoms with Gasteiger partial charge in [-0.15, -0.1) is 0 Å². The minimum atomic E-state index is -0.783. The van der Waals surface area contributed by atoms with E-state index >= 15 is 0 Å². The van der Waals surface area contributed by atoms with Crippen molar-refractivity contribution in [3.8, 4) is 0 Å². The zero-order valence-corrected chi connectivity index (χ0v) is 28.2. The number of rotatable bonds is 4. The quantitative estimate of drug-likeness (QED) is 0.287. The van der Waals surface area contributed by atoms with Crippen molar-refractivity contribution in [2.45, 2.75) is 130 Å². The molecule has 0 aromatic rings. The van der Waals surface area contributed by atoms with Crippen molar-refractivity contribution in [1.82, 2.24) is 0 Å². The molecule has 0 bridgehead atoms. The summed E-state index contributed by atoms with van der Waals surface area (Å²) in [5, 5.41) is 13.3. The molecular weight excluding hydrogens is 456 g/mol. The van der Waals surface area contributed by atoms with Crippen LogP contribution in [0.1, 0.15) is 104 Å². The Balaban J connectivity index is -0.000000312. The molecule has 0 aliphatic carbocycles. The molecule has 0 aliphatic heterocycles. The Hall–Kier alpha value is 1.91. The van der Waals surface area contributed by atoms with Crippen LogP contribution in [0.25, 0.3) is 0 Å². The summed E-state index contributed by atoms with van der Waals surface area (Å²) in [5.74, 6) is 0. The van der Waals surface area contributed by atoms with Crippen LogP contribution in [0, 0.1) is 27.7 Å². The van der Waals surface area contributed by atoms with Gasteiger partial charge in [0, 0.05) is 15.8 Å². The van der Waals surface area contributed by atoms with Gasteiger partial charge in [-0.3, -0.25) is 0 Å². The van der Waals surface area contributed by atoms with Gasteiger partial charge in [0.15, 0.2) is 0 Å². The Morgan fingerprint density at radius 1 is 0.484 bits per heavy atom. The maximum absolute atomic E-state index is 12.2. The van der Waals surface area contributed by atoms with Crippen molar-refractivity contribution in [2.75, 3.05) is 12.3 Å². The van der Waals surface area contributed by atoms with Crippen LogP contribution in [0.2, 0.25) is 0 Å². The maximum Gasteiger partial charge on any atom is 3.00 e. The van der Waals surface area contributed by atoms with E-state index in [4.69, 9.17) is 0 Å². The molecule has 0 aromatic carbocycles. The van der Waals surface area contributed by atoms with Crippen molar-refractivity contribution in [2.24, 2.45) is 5.41 Å².